The molecule has 80 heavy (non-hydrogen) atoms. The highest BCUT2D eigenvalue weighted by atomic mass is 16.6. The van der Waals surface area contributed by atoms with Crippen LogP contribution in [0.1, 0.15) is 400 Å². The van der Waals surface area contributed by atoms with E-state index in [2.05, 4.69) is 57.2 Å². The van der Waals surface area contributed by atoms with Gasteiger partial charge < -0.3 is 14.2 Å². The van der Waals surface area contributed by atoms with Gasteiger partial charge in [0.25, 0.3) is 0 Å². The molecular formula is C74H138O6. The molecule has 0 radical (unpaired) electrons. The summed E-state index contributed by atoms with van der Waals surface area (Å²) in [6.07, 6.45) is 86.1. The topological polar surface area (TPSA) is 78.9 Å². The summed E-state index contributed by atoms with van der Waals surface area (Å²) in [7, 11) is 0. The van der Waals surface area contributed by atoms with Gasteiger partial charge in [0, 0.05) is 19.3 Å². The summed E-state index contributed by atoms with van der Waals surface area (Å²) in [5.74, 6) is -0.856. The van der Waals surface area contributed by atoms with Gasteiger partial charge in [-0.15, -0.1) is 0 Å². The molecular weight excluding hydrogens is 985 g/mol. The van der Waals surface area contributed by atoms with Gasteiger partial charge in [-0.1, -0.05) is 346 Å². The number of hydrogen-bond donors (Lipinski definition) is 0. The van der Waals surface area contributed by atoms with Crippen molar-refractivity contribution in [2.75, 3.05) is 13.2 Å². The Morgan fingerprint density at radius 1 is 0.250 bits per heavy atom. The molecule has 0 aliphatic carbocycles. The lowest BCUT2D eigenvalue weighted by Crippen LogP contribution is -2.30. The molecule has 0 saturated carbocycles. The van der Waals surface area contributed by atoms with Crippen LogP contribution in [0.25, 0.3) is 0 Å². The molecule has 0 spiro atoms. The normalized spacial score (nSPS) is 12.2. The van der Waals surface area contributed by atoms with E-state index in [1.54, 1.807) is 0 Å². The lowest BCUT2D eigenvalue weighted by molar-refractivity contribution is -0.167. The first-order valence-corrected chi connectivity index (χ1v) is 36.0. The molecule has 0 aromatic heterocycles. The van der Waals surface area contributed by atoms with E-state index < -0.39 is 6.10 Å². The minimum atomic E-state index is -0.776. The minimum Gasteiger partial charge on any atom is -0.462 e. The van der Waals surface area contributed by atoms with Gasteiger partial charge in [0.15, 0.2) is 6.10 Å². The van der Waals surface area contributed by atoms with Crippen molar-refractivity contribution < 1.29 is 28.6 Å². The van der Waals surface area contributed by atoms with E-state index in [0.717, 1.165) is 77.0 Å². The van der Waals surface area contributed by atoms with Crippen molar-refractivity contribution in [3.05, 3.63) is 36.5 Å². The van der Waals surface area contributed by atoms with Crippen LogP contribution in [0.4, 0.5) is 0 Å². The third-order valence-corrected chi connectivity index (χ3v) is 16.4. The Morgan fingerprint density at radius 2 is 0.463 bits per heavy atom. The number of carbonyl (C=O) groups excluding carboxylic acids is 3. The molecule has 0 aromatic carbocycles. The maximum Gasteiger partial charge on any atom is 0.306 e. The van der Waals surface area contributed by atoms with Crippen molar-refractivity contribution in [2.24, 2.45) is 0 Å². The number of allylic oxidation sites excluding steroid dienone is 6. The second-order valence-corrected chi connectivity index (χ2v) is 24.5. The first kappa shape index (κ1) is 77.6. The lowest BCUT2D eigenvalue weighted by atomic mass is 10.0. The SMILES string of the molecule is CCCC/C=C\C/C=C\CCCCCCCC(=O)OCC(COC(=O)CCCCCCCCCCCCCCCCCCC/C=C\CCCCCCCCCC)OC(=O)CCCCCCCCCCCCCCCCCCCCC. The predicted molar refractivity (Wildman–Crippen MR) is 349 cm³/mol. The summed E-state index contributed by atoms with van der Waals surface area (Å²) in [6, 6.07) is 0. The molecule has 0 amide bonds. The van der Waals surface area contributed by atoms with Crippen molar-refractivity contribution in [1.82, 2.24) is 0 Å². The fourth-order valence-electron chi connectivity index (χ4n) is 10.9. The first-order valence-electron chi connectivity index (χ1n) is 36.0. The smallest absolute Gasteiger partial charge is 0.306 e. The van der Waals surface area contributed by atoms with Crippen LogP contribution in [-0.4, -0.2) is 37.2 Å². The molecule has 1 atom stereocenters. The predicted octanol–water partition coefficient (Wildman–Crippen LogP) is 24.7. The monoisotopic (exact) mass is 1120 g/mol. The highest BCUT2D eigenvalue weighted by molar-refractivity contribution is 5.71. The Labute approximate surface area is 499 Å². The summed E-state index contributed by atoms with van der Waals surface area (Å²) >= 11 is 0. The zero-order valence-electron chi connectivity index (χ0n) is 54.1. The van der Waals surface area contributed by atoms with E-state index in [0.29, 0.717) is 19.3 Å². The maximum absolute atomic E-state index is 12.9. The van der Waals surface area contributed by atoms with E-state index in [1.165, 1.54) is 283 Å². The molecule has 0 aliphatic heterocycles. The fraction of sp³-hybridized carbons (Fsp3) is 0.878. The third-order valence-electron chi connectivity index (χ3n) is 16.4. The van der Waals surface area contributed by atoms with Gasteiger partial charge in [-0.05, 0) is 70.6 Å². The van der Waals surface area contributed by atoms with Gasteiger partial charge in [0.05, 0.1) is 0 Å². The zero-order chi connectivity index (χ0) is 57.8. The number of rotatable bonds is 67. The van der Waals surface area contributed by atoms with Crippen molar-refractivity contribution in [3.8, 4) is 0 Å². The standard InChI is InChI=1S/C74H138O6/c1-4-7-10-13-16-19-22-25-28-30-32-33-34-35-36-37-38-39-40-41-43-44-46-49-52-55-58-61-64-67-73(76)79-70-71(69-78-72(75)66-63-60-57-54-51-48-27-24-21-18-15-12-9-6-3)80-74(77)68-65-62-59-56-53-50-47-45-42-31-29-26-23-20-17-14-11-8-5-2/h15,18,24,27,30,32,71H,4-14,16-17,19-23,25-26,28-29,31,33-70H2,1-3H3/b18-15-,27-24-,32-30-. The largest absolute Gasteiger partial charge is 0.462 e. The maximum atomic E-state index is 12.9. The van der Waals surface area contributed by atoms with Crippen LogP contribution < -0.4 is 0 Å². The second-order valence-electron chi connectivity index (χ2n) is 24.5. The van der Waals surface area contributed by atoms with E-state index >= 15 is 0 Å². The quantitative estimate of drug-likeness (QED) is 0.0261. The van der Waals surface area contributed by atoms with Crippen molar-refractivity contribution >= 4 is 17.9 Å². The van der Waals surface area contributed by atoms with Gasteiger partial charge in [-0.25, -0.2) is 0 Å². The van der Waals surface area contributed by atoms with Gasteiger partial charge >= 0.3 is 17.9 Å². The average molecular weight is 1120 g/mol. The van der Waals surface area contributed by atoms with Crippen LogP contribution in [-0.2, 0) is 28.6 Å². The first-order chi connectivity index (χ1) is 39.5. The molecule has 0 bridgehead atoms. The summed E-state index contributed by atoms with van der Waals surface area (Å²) in [5.41, 5.74) is 0. The summed E-state index contributed by atoms with van der Waals surface area (Å²) in [6.45, 7) is 6.66. The van der Waals surface area contributed by atoms with Crippen LogP contribution in [0.3, 0.4) is 0 Å². The number of carbonyl (C=O) groups is 3. The van der Waals surface area contributed by atoms with Crippen molar-refractivity contribution in [2.45, 2.75) is 406 Å². The number of esters is 3. The summed E-state index contributed by atoms with van der Waals surface area (Å²) in [5, 5.41) is 0. The fourth-order valence-corrected chi connectivity index (χ4v) is 10.9. The second kappa shape index (κ2) is 69.1. The Hall–Kier alpha value is -2.37. The number of hydrogen-bond acceptors (Lipinski definition) is 6. The molecule has 1 unspecified atom stereocenters. The van der Waals surface area contributed by atoms with Crippen LogP contribution in [0.15, 0.2) is 36.5 Å². The van der Waals surface area contributed by atoms with Gasteiger partial charge in [-0.3, -0.25) is 14.4 Å². The highest BCUT2D eigenvalue weighted by Gasteiger charge is 2.19. The van der Waals surface area contributed by atoms with Crippen LogP contribution in [0.2, 0.25) is 0 Å². The molecule has 470 valence electrons. The molecule has 0 heterocycles. The minimum absolute atomic E-state index is 0.0711. The molecule has 0 aliphatic rings. The highest BCUT2D eigenvalue weighted by Crippen LogP contribution is 2.19. The Kier molecular flexibility index (Phi) is 67.1. The molecule has 6 nitrogen and oxygen atoms in total. The van der Waals surface area contributed by atoms with Crippen LogP contribution >= 0.6 is 0 Å². The zero-order valence-corrected chi connectivity index (χ0v) is 54.1. The van der Waals surface area contributed by atoms with E-state index in [4.69, 9.17) is 14.2 Å². The summed E-state index contributed by atoms with van der Waals surface area (Å²) < 4.78 is 17.0. The molecule has 6 heteroatoms. The third kappa shape index (κ3) is 66.4. The number of ether oxygens (including phenoxy) is 3. The van der Waals surface area contributed by atoms with Gasteiger partial charge in [0.2, 0.25) is 0 Å². The van der Waals surface area contributed by atoms with Crippen LogP contribution in [0, 0.1) is 0 Å². The van der Waals surface area contributed by atoms with Gasteiger partial charge in [-0.2, -0.15) is 0 Å². The van der Waals surface area contributed by atoms with E-state index in [-0.39, 0.29) is 31.1 Å². The molecule has 0 N–H and O–H groups in total. The summed E-state index contributed by atoms with van der Waals surface area (Å²) in [4.78, 5) is 38.4. The van der Waals surface area contributed by atoms with Crippen molar-refractivity contribution in [3.63, 3.8) is 0 Å². The molecule has 0 saturated heterocycles. The molecule has 0 rings (SSSR count). The Bertz CT molecular complexity index is 1340. The average Bonchev–Trinajstić information content (AvgIpc) is 3.46. The van der Waals surface area contributed by atoms with Gasteiger partial charge in [0.1, 0.15) is 13.2 Å². The molecule has 0 fully saturated rings. The number of unbranched alkanes of at least 4 members (excludes halogenated alkanes) is 50. The Morgan fingerprint density at radius 3 is 0.738 bits per heavy atom. The lowest BCUT2D eigenvalue weighted by Gasteiger charge is -2.18. The molecule has 0 aromatic rings. The van der Waals surface area contributed by atoms with E-state index in [9.17, 15) is 14.4 Å². The Balaban J connectivity index is 4.19. The van der Waals surface area contributed by atoms with Crippen LogP contribution in [0.5, 0.6) is 0 Å². The van der Waals surface area contributed by atoms with Crippen molar-refractivity contribution in [1.29, 1.82) is 0 Å². The van der Waals surface area contributed by atoms with E-state index in [1.807, 2.05) is 0 Å².